The van der Waals surface area contributed by atoms with Crippen molar-refractivity contribution < 1.29 is 19.1 Å². The minimum atomic E-state index is -0.584. The molecule has 0 aromatic heterocycles. The first-order valence-electron chi connectivity index (χ1n) is 7.87. The summed E-state index contributed by atoms with van der Waals surface area (Å²) in [5, 5.41) is 2.13. The maximum atomic E-state index is 12.5. The number of benzene rings is 2. The van der Waals surface area contributed by atoms with Crippen LogP contribution in [-0.2, 0) is 9.53 Å². The van der Waals surface area contributed by atoms with Gasteiger partial charge in [0.1, 0.15) is 0 Å². The van der Waals surface area contributed by atoms with E-state index in [0.717, 1.165) is 15.7 Å². The maximum absolute atomic E-state index is 12.5. The summed E-state index contributed by atoms with van der Waals surface area (Å²) >= 11 is 0. The van der Waals surface area contributed by atoms with E-state index < -0.39 is 6.09 Å². The molecule has 0 unspecified atom stereocenters. The van der Waals surface area contributed by atoms with Gasteiger partial charge in [-0.15, -0.1) is 0 Å². The summed E-state index contributed by atoms with van der Waals surface area (Å²) in [7, 11) is 0. The van der Waals surface area contributed by atoms with Crippen molar-refractivity contribution in [1.82, 2.24) is 9.80 Å². The molecule has 4 rings (SSSR count). The summed E-state index contributed by atoms with van der Waals surface area (Å²) in [5.74, 6) is -0.212. The molecule has 122 valence electrons. The molecule has 2 fully saturated rings. The van der Waals surface area contributed by atoms with E-state index in [1.165, 1.54) is 0 Å². The molecule has 6 heteroatoms. The predicted molar refractivity (Wildman–Crippen MR) is 86.4 cm³/mol. The second-order valence-electron chi connectivity index (χ2n) is 6.20. The Labute approximate surface area is 138 Å². The number of carbonyl (C=O) groups excluding carboxylic acids is 3. The summed E-state index contributed by atoms with van der Waals surface area (Å²) in [6.07, 6.45) is -0.584. The molecule has 2 saturated heterocycles. The van der Waals surface area contributed by atoms with Crippen molar-refractivity contribution in [2.45, 2.75) is 0 Å². The van der Waals surface area contributed by atoms with E-state index in [-0.39, 0.29) is 24.3 Å². The fraction of sp³-hybridized carbons (Fsp3) is 0.278. The Hall–Kier alpha value is -2.89. The molecule has 2 heterocycles. The fourth-order valence-electron chi connectivity index (χ4n) is 3.17. The van der Waals surface area contributed by atoms with Crippen LogP contribution in [0.3, 0.4) is 0 Å². The van der Waals surface area contributed by atoms with Crippen molar-refractivity contribution in [3.05, 3.63) is 48.0 Å². The number of amides is 3. The van der Waals surface area contributed by atoms with E-state index in [1.54, 1.807) is 4.90 Å². The third kappa shape index (κ3) is 2.50. The Morgan fingerprint density at radius 2 is 1.83 bits per heavy atom. The summed E-state index contributed by atoms with van der Waals surface area (Å²) in [6.45, 7) is 1.23. The first-order chi connectivity index (χ1) is 11.6. The monoisotopic (exact) mass is 324 g/mol. The van der Waals surface area contributed by atoms with Gasteiger partial charge in [-0.2, -0.15) is 0 Å². The van der Waals surface area contributed by atoms with Crippen molar-refractivity contribution in [3.63, 3.8) is 0 Å². The molecule has 0 saturated carbocycles. The minimum absolute atomic E-state index is 0.0210. The van der Waals surface area contributed by atoms with Crippen LogP contribution in [-0.4, -0.2) is 53.9 Å². The highest BCUT2D eigenvalue weighted by molar-refractivity contribution is 5.99. The number of likely N-dealkylation sites (tertiary alicyclic amines) is 1. The van der Waals surface area contributed by atoms with Gasteiger partial charge in [0.05, 0.1) is 0 Å². The third-order valence-electron chi connectivity index (χ3n) is 4.52. The maximum Gasteiger partial charge on any atom is 0.417 e. The Balaban J connectivity index is 1.40. The van der Waals surface area contributed by atoms with Crippen molar-refractivity contribution >= 4 is 28.7 Å². The van der Waals surface area contributed by atoms with Gasteiger partial charge in [0.2, 0.25) is 0 Å². The summed E-state index contributed by atoms with van der Waals surface area (Å²) in [4.78, 5) is 38.3. The van der Waals surface area contributed by atoms with Gasteiger partial charge < -0.3 is 9.64 Å². The number of ether oxygens (including phenoxy) is 1. The molecule has 0 N–H and O–H groups in total. The molecule has 2 aliphatic rings. The normalized spacial score (nSPS) is 18.0. The van der Waals surface area contributed by atoms with Gasteiger partial charge in [-0.25, -0.2) is 9.69 Å². The van der Waals surface area contributed by atoms with E-state index >= 15 is 0 Å². The molecular formula is C18H16N2O4. The van der Waals surface area contributed by atoms with Gasteiger partial charge >= 0.3 is 6.09 Å². The molecule has 0 spiro atoms. The van der Waals surface area contributed by atoms with Crippen LogP contribution in [0.25, 0.3) is 10.8 Å². The lowest BCUT2D eigenvalue weighted by molar-refractivity contribution is -0.126. The van der Waals surface area contributed by atoms with Crippen molar-refractivity contribution in [3.8, 4) is 0 Å². The minimum Gasteiger partial charge on any atom is -0.439 e. The zero-order chi connectivity index (χ0) is 16.7. The highest BCUT2D eigenvalue weighted by Crippen LogP contribution is 2.23. The Morgan fingerprint density at radius 1 is 1.08 bits per heavy atom. The van der Waals surface area contributed by atoms with Crippen LogP contribution in [0, 0.1) is 5.92 Å². The largest absolute Gasteiger partial charge is 0.439 e. The summed E-state index contributed by atoms with van der Waals surface area (Å²) < 4.78 is 4.69. The van der Waals surface area contributed by atoms with Crippen LogP contribution in [0.5, 0.6) is 0 Å². The summed E-state index contributed by atoms with van der Waals surface area (Å²) in [5.41, 5.74) is 0.656. The van der Waals surface area contributed by atoms with Crippen LogP contribution in [0.15, 0.2) is 42.5 Å². The van der Waals surface area contributed by atoms with Gasteiger partial charge in [0, 0.05) is 31.1 Å². The molecule has 0 atom stereocenters. The van der Waals surface area contributed by atoms with Crippen LogP contribution in [0.4, 0.5) is 4.79 Å². The lowest BCUT2D eigenvalue weighted by Gasteiger charge is -2.40. The lowest BCUT2D eigenvalue weighted by Crippen LogP contribution is -2.54. The molecule has 24 heavy (non-hydrogen) atoms. The van der Waals surface area contributed by atoms with Gasteiger partial charge in [0.25, 0.3) is 11.8 Å². The van der Waals surface area contributed by atoms with E-state index in [2.05, 4.69) is 4.74 Å². The Bertz CT molecular complexity index is 826. The number of cyclic esters (lactones) is 1. The van der Waals surface area contributed by atoms with Gasteiger partial charge in [-0.1, -0.05) is 30.3 Å². The Morgan fingerprint density at radius 3 is 2.54 bits per heavy atom. The molecule has 0 bridgehead atoms. The lowest BCUT2D eigenvalue weighted by atomic mass is 9.97. The predicted octanol–water partition coefficient (Wildman–Crippen LogP) is 1.89. The highest BCUT2D eigenvalue weighted by atomic mass is 16.6. The van der Waals surface area contributed by atoms with Gasteiger partial charge in [0.15, 0.2) is 6.61 Å². The number of hydrogen-bond donors (Lipinski definition) is 0. The van der Waals surface area contributed by atoms with Crippen LogP contribution in [0.2, 0.25) is 0 Å². The number of imide groups is 1. The molecule has 3 amide bonds. The zero-order valence-electron chi connectivity index (χ0n) is 13.0. The first kappa shape index (κ1) is 14.7. The van der Waals surface area contributed by atoms with Crippen molar-refractivity contribution in [2.24, 2.45) is 5.92 Å². The van der Waals surface area contributed by atoms with Crippen LogP contribution >= 0.6 is 0 Å². The molecule has 2 aromatic rings. The van der Waals surface area contributed by atoms with Gasteiger partial charge in [-0.05, 0) is 22.9 Å². The fourth-order valence-corrected chi connectivity index (χ4v) is 3.17. The SMILES string of the molecule is O=C(c1ccc2ccccc2c1)N1CC(CN2C(=O)COC2=O)C1. The molecule has 0 radical (unpaired) electrons. The van der Waals surface area contributed by atoms with E-state index in [1.807, 2.05) is 42.5 Å². The molecule has 6 nitrogen and oxygen atoms in total. The Kier molecular flexibility index (Phi) is 3.45. The number of carbonyl (C=O) groups is 3. The molecule has 2 aliphatic heterocycles. The van der Waals surface area contributed by atoms with E-state index in [0.29, 0.717) is 25.2 Å². The van der Waals surface area contributed by atoms with E-state index in [9.17, 15) is 14.4 Å². The smallest absolute Gasteiger partial charge is 0.417 e. The number of rotatable bonds is 3. The van der Waals surface area contributed by atoms with Crippen molar-refractivity contribution in [2.75, 3.05) is 26.2 Å². The topological polar surface area (TPSA) is 66.9 Å². The zero-order valence-corrected chi connectivity index (χ0v) is 13.0. The second-order valence-corrected chi connectivity index (χ2v) is 6.20. The first-order valence-corrected chi connectivity index (χ1v) is 7.87. The quantitative estimate of drug-likeness (QED) is 0.865. The van der Waals surface area contributed by atoms with Gasteiger partial charge in [-0.3, -0.25) is 9.59 Å². The second kappa shape index (κ2) is 5.63. The van der Waals surface area contributed by atoms with Crippen molar-refractivity contribution in [1.29, 1.82) is 0 Å². The number of fused-ring (bicyclic) bond motifs is 1. The van der Waals surface area contributed by atoms with Crippen LogP contribution < -0.4 is 0 Å². The van der Waals surface area contributed by atoms with E-state index in [4.69, 9.17) is 0 Å². The average molecular weight is 324 g/mol. The highest BCUT2D eigenvalue weighted by Gasteiger charge is 2.38. The number of nitrogens with zero attached hydrogens (tertiary/aromatic N) is 2. The standard InChI is InChI=1S/C18H16N2O4/c21-16-11-24-18(23)20(16)10-12-8-19(9-12)17(22)15-6-5-13-3-1-2-4-14(13)7-15/h1-7,12H,8-11H2. The molecule has 2 aromatic carbocycles. The third-order valence-corrected chi connectivity index (χ3v) is 4.52. The molecule has 0 aliphatic carbocycles. The summed E-state index contributed by atoms with van der Waals surface area (Å²) in [6, 6.07) is 13.6. The average Bonchev–Trinajstić information content (AvgIpc) is 2.88. The molecular weight excluding hydrogens is 308 g/mol. The number of hydrogen-bond acceptors (Lipinski definition) is 4. The van der Waals surface area contributed by atoms with Crippen LogP contribution in [0.1, 0.15) is 10.4 Å².